The van der Waals surface area contributed by atoms with Crippen molar-refractivity contribution in [2.45, 2.75) is 56.0 Å². The highest BCUT2D eigenvalue weighted by Gasteiger charge is 2.76. The number of carbonyl (C=O) groups excluding carboxylic acids is 7. The quantitative estimate of drug-likeness (QED) is 0.0453. The summed E-state index contributed by atoms with van der Waals surface area (Å²) in [6, 6.07) is 30.5. The van der Waals surface area contributed by atoms with Crippen LogP contribution in [0.2, 0.25) is 0 Å². The van der Waals surface area contributed by atoms with Gasteiger partial charge in [-0.25, -0.2) is 19.5 Å². The van der Waals surface area contributed by atoms with E-state index in [-0.39, 0.29) is 40.7 Å². The fourth-order valence-electron chi connectivity index (χ4n) is 10.7. The monoisotopic (exact) mass is 1050 g/mol. The van der Waals surface area contributed by atoms with E-state index in [1.54, 1.807) is 62.4 Å². The number of aliphatic hydroxyl groups is 1. The molecule has 4 amide bonds. The molecule has 3 N–H and O–H groups in total. The molecule has 1 aromatic heterocycles. The summed E-state index contributed by atoms with van der Waals surface area (Å²) in [5.41, 5.74) is 0.0231. The Bertz CT molecular complexity index is 3240. The summed E-state index contributed by atoms with van der Waals surface area (Å²) in [6.07, 6.45) is -1.40. The van der Waals surface area contributed by atoms with Crippen LogP contribution in [0.1, 0.15) is 66.3 Å². The summed E-state index contributed by atoms with van der Waals surface area (Å²) >= 11 is 1.17. The van der Waals surface area contributed by atoms with E-state index < -0.39 is 102 Å². The molecule has 0 bridgehead atoms. The minimum absolute atomic E-state index is 0.0250. The molecule has 3 aliphatic heterocycles. The van der Waals surface area contributed by atoms with E-state index in [9.17, 15) is 19.5 Å². The third-order valence-electron chi connectivity index (χ3n) is 13.9. The molecule has 6 aromatic rings. The number of imide groups is 1. The molecule has 7 atom stereocenters. The number of esters is 4. The molecular formula is C57H53N5O13S. The smallest absolute Gasteiger partial charge is 0.329 e. The van der Waals surface area contributed by atoms with Gasteiger partial charge in [-0.05, 0) is 59.0 Å². The second-order valence-corrected chi connectivity index (χ2v) is 19.6. The molecule has 4 heterocycles. The topological polar surface area (TPSA) is 229 Å². The number of benzene rings is 5. The summed E-state index contributed by atoms with van der Waals surface area (Å²) in [5.74, 6) is -2.87. The number of aliphatic hydroxyl groups excluding tert-OH is 1. The maximum absolute atomic E-state index is 16.9. The molecule has 0 saturated carbocycles. The van der Waals surface area contributed by atoms with Gasteiger partial charge >= 0.3 is 29.9 Å². The molecule has 0 aliphatic carbocycles. The standard InChI is InChI=1S/C57H53N5O13S/c1-32(2)44(52(67)73-5)59-56(70)61-40-28-27-33(17-16-23-37(50(65)71-3)51(66)72-4)31-38(40)57(54(61)69)43(49(64)60-55-58-39-24-13-15-26-42(39)76-55)46-53(68)75-47(35-20-10-7-11-21-35)45(34-18-8-6-9-19-34)62(46)48(57)36-22-12-14-25-41(36)74-30-29-63/h6-15,18-22,24-28,31-32,37,43-48,63H,23,29-30H2,1-5H3,(H,59,70)(H,58,60,64)/t43-,44-,45-,46-,47+,48+,57-/m0/s1. The minimum Gasteiger partial charge on any atom is -0.491 e. The van der Waals surface area contributed by atoms with Crippen LogP contribution < -0.4 is 20.3 Å². The van der Waals surface area contributed by atoms with Crippen molar-refractivity contribution in [3.05, 3.63) is 155 Å². The molecule has 2 saturated heterocycles. The summed E-state index contributed by atoms with van der Waals surface area (Å²) < 4.78 is 28.4. The first kappa shape index (κ1) is 52.4. The Labute approximate surface area is 441 Å². The molecule has 390 valence electrons. The lowest BCUT2D eigenvalue weighted by atomic mass is 9.65. The fraction of sp³-hybridized carbons (Fsp3) is 0.298. The number of rotatable bonds is 14. The molecular weight excluding hydrogens is 995 g/mol. The number of hydrogen-bond donors (Lipinski definition) is 3. The summed E-state index contributed by atoms with van der Waals surface area (Å²) in [5, 5.41) is 16.0. The van der Waals surface area contributed by atoms with Crippen molar-refractivity contribution in [1.82, 2.24) is 15.2 Å². The number of morpholine rings is 1. The highest BCUT2D eigenvalue weighted by molar-refractivity contribution is 7.22. The third-order valence-corrected chi connectivity index (χ3v) is 14.9. The van der Waals surface area contributed by atoms with Crippen LogP contribution in [0.5, 0.6) is 5.75 Å². The van der Waals surface area contributed by atoms with E-state index in [4.69, 9.17) is 28.7 Å². The van der Waals surface area contributed by atoms with E-state index in [2.05, 4.69) is 22.5 Å². The Morgan fingerprint density at radius 3 is 2.11 bits per heavy atom. The molecule has 19 heteroatoms. The van der Waals surface area contributed by atoms with Gasteiger partial charge in [0.1, 0.15) is 36.0 Å². The molecule has 5 aromatic carbocycles. The van der Waals surface area contributed by atoms with Gasteiger partial charge in [-0.15, -0.1) is 0 Å². The average Bonchev–Trinajstić information content (AvgIpc) is 4.06. The summed E-state index contributed by atoms with van der Waals surface area (Å²) in [6.45, 7) is 2.78. The van der Waals surface area contributed by atoms with Crippen molar-refractivity contribution in [2.24, 2.45) is 17.8 Å². The van der Waals surface area contributed by atoms with Crippen LogP contribution in [0, 0.1) is 29.6 Å². The van der Waals surface area contributed by atoms with Crippen LogP contribution in [-0.4, -0.2) is 103 Å². The second-order valence-electron chi connectivity index (χ2n) is 18.5. The van der Waals surface area contributed by atoms with Gasteiger partial charge in [-0.2, -0.15) is 0 Å². The number of aromatic nitrogens is 1. The van der Waals surface area contributed by atoms with Crippen LogP contribution in [0.4, 0.5) is 15.6 Å². The molecule has 18 nitrogen and oxygen atoms in total. The van der Waals surface area contributed by atoms with Crippen LogP contribution in [0.25, 0.3) is 10.2 Å². The normalized spacial score (nSPS) is 21.0. The zero-order valence-corrected chi connectivity index (χ0v) is 42.8. The third kappa shape index (κ3) is 9.39. The van der Waals surface area contributed by atoms with Crippen molar-refractivity contribution in [3.8, 4) is 17.6 Å². The van der Waals surface area contributed by atoms with E-state index in [1.165, 1.54) is 36.6 Å². The van der Waals surface area contributed by atoms with Gasteiger partial charge in [-0.1, -0.05) is 128 Å². The number of carbonyl (C=O) groups is 7. The number of hydrogen-bond acceptors (Lipinski definition) is 16. The summed E-state index contributed by atoms with van der Waals surface area (Å²) in [7, 11) is 3.42. The van der Waals surface area contributed by atoms with Crippen molar-refractivity contribution < 1.29 is 62.4 Å². The largest absolute Gasteiger partial charge is 0.491 e. The Balaban J connectivity index is 1.37. The molecule has 0 unspecified atom stereocenters. The number of nitrogens with zero attached hydrogens (tertiary/aromatic N) is 3. The first-order valence-corrected chi connectivity index (χ1v) is 25.2. The van der Waals surface area contributed by atoms with Gasteiger partial charge in [0.25, 0.3) is 0 Å². The second kappa shape index (κ2) is 22.2. The minimum atomic E-state index is -2.33. The number of cyclic esters (lactones) is 1. The number of fused-ring (bicyclic) bond motifs is 4. The first-order chi connectivity index (χ1) is 36.8. The van der Waals surface area contributed by atoms with Crippen molar-refractivity contribution >= 4 is 74.1 Å². The highest BCUT2D eigenvalue weighted by atomic mass is 32.1. The van der Waals surface area contributed by atoms with Crippen molar-refractivity contribution in [3.63, 3.8) is 0 Å². The highest BCUT2D eigenvalue weighted by Crippen LogP contribution is 2.67. The lowest BCUT2D eigenvalue weighted by Crippen LogP contribution is -2.57. The van der Waals surface area contributed by atoms with Crippen LogP contribution in [0.3, 0.4) is 0 Å². The number of anilines is 2. The van der Waals surface area contributed by atoms with Gasteiger partial charge < -0.3 is 39.4 Å². The van der Waals surface area contributed by atoms with Gasteiger partial charge in [0.05, 0.1) is 61.8 Å². The van der Waals surface area contributed by atoms with Gasteiger partial charge in [0.2, 0.25) is 11.8 Å². The summed E-state index contributed by atoms with van der Waals surface area (Å²) in [4.78, 5) is 110. The molecule has 9 rings (SSSR count). The zero-order valence-electron chi connectivity index (χ0n) is 42.0. The van der Waals surface area contributed by atoms with E-state index >= 15 is 19.2 Å². The van der Waals surface area contributed by atoms with Crippen LogP contribution in [0.15, 0.2) is 127 Å². The fourth-order valence-corrected chi connectivity index (χ4v) is 11.6. The Kier molecular flexibility index (Phi) is 15.3. The lowest BCUT2D eigenvalue weighted by Gasteiger charge is -2.46. The molecule has 76 heavy (non-hydrogen) atoms. The van der Waals surface area contributed by atoms with Crippen molar-refractivity contribution in [2.75, 3.05) is 44.8 Å². The van der Waals surface area contributed by atoms with E-state index in [0.717, 1.165) is 23.8 Å². The number of thiazole rings is 1. The Morgan fingerprint density at radius 2 is 1.45 bits per heavy atom. The van der Waals surface area contributed by atoms with Crippen molar-refractivity contribution in [1.29, 1.82) is 0 Å². The van der Waals surface area contributed by atoms with Gasteiger partial charge in [0.15, 0.2) is 11.0 Å². The van der Waals surface area contributed by atoms with E-state index in [1.807, 2.05) is 65.6 Å². The maximum Gasteiger partial charge on any atom is 0.329 e. The molecule has 0 radical (unpaired) electrons. The van der Waals surface area contributed by atoms with Crippen LogP contribution >= 0.6 is 11.3 Å². The lowest BCUT2D eigenvalue weighted by molar-refractivity contribution is -0.178. The number of para-hydroxylation sites is 2. The molecule has 3 aliphatic rings. The van der Waals surface area contributed by atoms with Gasteiger partial charge in [0, 0.05) is 17.5 Å². The maximum atomic E-state index is 16.9. The number of urea groups is 1. The van der Waals surface area contributed by atoms with E-state index in [0.29, 0.717) is 22.2 Å². The Hall–Kier alpha value is -8.44. The number of methoxy groups -OCH3 is 3. The Morgan fingerprint density at radius 1 is 0.803 bits per heavy atom. The SMILES string of the molecule is COC(=O)C(CC#Cc1ccc2c(c1)[C@]1(C(=O)N2C(=O)N[C@H](C(=O)OC)C(C)C)[C@H](C(=O)Nc2nc3ccccc3s2)[C@H]2C(=O)O[C@H](c3ccccc3)[C@H](c3ccccc3)N2[C@@H]1c1ccccc1OCCO)C(=O)OC. The zero-order chi connectivity index (χ0) is 53.8. The van der Waals surface area contributed by atoms with Crippen LogP contribution in [-0.2, 0) is 53.1 Å². The number of nitrogens with one attached hydrogen (secondary N) is 2. The predicted molar refractivity (Wildman–Crippen MR) is 277 cm³/mol. The molecule has 2 fully saturated rings. The average molecular weight is 1050 g/mol. The van der Waals surface area contributed by atoms with Gasteiger partial charge in [-0.3, -0.25) is 28.9 Å². The number of amides is 4. The predicted octanol–water partition coefficient (Wildman–Crippen LogP) is 6.58. The number of ether oxygens (including phenoxy) is 5. The molecule has 1 spiro atoms. The first-order valence-electron chi connectivity index (χ1n) is 24.4.